The lowest BCUT2D eigenvalue weighted by atomic mass is 9.89. The summed E-state index contributed by atoms with van der Waals surface area (Å²) in [4.78, 5) is 0. The predicted molar refractivity (Wildman–Crippen MR) is 154 cm³/mol. The van der Waals surface area contributed by atoms with Crippen LogP contribution in [-0.4, -0.2) is 13.9 Å². The van der Waals surface area contributed by atoms with Crippen LogP contribution < -0.4 is 23.5 Å². The molecule has 39 heavy (non-hydrogen) atoms. The molecule has 202 valence electrons. The van der Waals surface area contributed by atoms with Gasteiger partial charge in [0.1, 0.15) is 6.61 Å². The molecule has 0 saturated carbocycles. The van der Waals surface area contributed by atoms with Crippen LogP contribution in [0.25, 0.3) is 22.0 Å². The van der Waals surface area contributed by atoms with E-state index in [0.717, 1.165) is 53.3 Å². The Kier molecular flexibility index (Phi) is 7.57. The molecule has 0 N–H and O–H groups in total. The standard InChI is InChI=1S/C34H38NO4/c1-3-4-5-6-7-11-14-27-26-15-16-30(36-2)34(37-22-24-12-9-8-10-13-24)29(26)21-35-18-17-25-19-31-32(39-23-38-31)20-28(25)33(27)35/h8-10,12-13,15-16,19-21H,3-7,11,14,17-18,22-23H2,1-2H3/q+1. The normalized spacial score (nSPS) is 13.3. The Labute approximate surface area is 231 Å². The fraction of sp³-hybridized carbons (Fsp3) is 0.382. The summed E-state index contributed by atoms with van der Waals surface area (Å²) in [6.07, 6.45) is 11.9. The third-order valence-electron chi connectivity index (χ3n) is 8.04. The van der Waals surface area contributed by atoms with Gasteiger partial charge in [-0.05, 0) is 48.2 Å². The molecule has 4 aromatic rings. The third kappa shape index (κ3) is 5.15. The van der Waals surface area contributed by atoms with Gasteiger partial charge >= 0.3 is 0 Å². The zero-order chi connectivity index (χ0) is 26.6. The highest BCUT2D eigenvalue weighted by atomic mass is 16.7. The average molecular weight is 525 g/mol. The third-order valence-corrected chi connectivity index (χ3v) is 8.04. The quantitative estimate of drug-likeness (QED) is 0.150. The van der Waals surface area contributed by atoms with Gasteiger partial charge < -0.3 is 18.9 Å². The van der Waals surface area contributed by atoms with Crippen LogP contribution >= 0.6 is 0 Å². The van der Waals surface area contributed by atoms with Gasteiger partial charge in [-0.3, -0.25) is 0 Å². The predicted octanol–water partition coefficient (Wildman–Crippen LogP) is 7.57. The van der Waals surface area contributed by atoms with E-state index >= 15 is 0 Å². The van der Waals surface area contributed by atoms with E-state index in [4.69, 9.17) is 18.9 Å². The summed E-state index contributed by atoms with van der Waals surface area (Å²) in [5, 5.41) is 2.35. The maximum absolute atomic E-state index is 6.50. The molecule has 3 aromatic carbocycles. The van der Waals surface area contributed by atoms with Crippen molar-refractivity contribution < 1.29 is 23.5 Å². The van der Waals surface area contributed by atoms with Crippen LogP contribution in [0.2, 0.25) is 0 Å². The number of nitrogens with zero attached hydrogens (tertiary/aromatic N) is 1. The van der Waals surface area contributed by atoms with Gasteiger partial charge in [0.15, 0.2) is 35.7 Å². The highest BCUT2D eigenvalue weighted by Gasteiger charge is 2.32. The van der Waals surface area contributed by atoms with Crippen LogP contribution in [0.1, 0.15) is 62.1 Å². The van der Waals surface area contributed by atoms with Gasteiger partial charge in [0, 0.05) is 17.4 Å². The van der Waals surface area contributed by atoms with Crippen LogP contribution in [0.3, 0.4) is 0 Å². The Bertz CT molecular complexity index is 1460. The van der Waals surface area contributed by atoms with Gasteiger partial charge in [0.05, 0.1) is 18.1 Å². The first kappa shape index (κ1) is 25.5. The molecule has 0 amide bonds. The van der Waals surface area contributed by atoms with Crippen molar-refractivity contribution in [1.29, 1.82) is 0 Å². The van der Waals surface area contributed by atoms with Gasteiger partial charge in [-0.1, -0.05) is 69.4 Å². The van der Waals surface area contributed by atoms with Crippen LogP contribution in [0.15, 0.2) is 60.8 Å². The first-order valence-corrected chi connectivity index (χ1v) is 14.4. The van der Waals surface area contributed by atoms with E-state index in [-0.39, 0.29) is 0 Å². The molecular weight excluding hydrogens is 486 g/mol. The molecule has 1 aromatic heterocycles. The number of hydrogen-bond donors (Lipinski definition) is 0. The number of pyridine rings is 1. The number of benzene rings is 3. The minimum atomic E-state index is 0.294. The van der Waals surface area contributed by atoms with Crippen molar-refractivity contribution in [3.05, 3.63) is 77.5 Å². The first-order chi connectivity index (χ1) is 19.3. The largest absolute Gasteiger partial charge is 0.493 e. The van der Waals surface area contributed by atoms with Gasteiger partial charge in [-0.2, -0.15) is 4.57 Å². The molecule has 0 radical (unpaired) electrons. The monoisotopic (exact) mass is 524 g/mol. The van der Waals surface area contributed by atoms with E-state index in [9.17, 15) is 0 Å². The second-order valence-corrected chi connectivity index (χ2v) is 10.6. The van der Waals surface area contributed by atoms with Crippen LogP contribution in [0.4, 0.5) is 0 Å². The number of rotatable bonds is 11. The van der Waals surface area contributed by atoms with E-state index < -0.39 is 0 Å². The van der Waals surface area contributed by atoms with Crippen molar-refractivity contribution in [2.24, 2.45) is 0 Å². The highest BCUT2D eigenvalue weighted by molar-refractivity contribution is 5.95. The fourth-order valence-electron chi connectivity index (χ4n) is 6.01. The molecule has 0 aliphatic carbocycles. The van der Waals surface area contributed by atoms with E-state index in [0.29, 0.717) is 13.4 Å². The molecule has 3 heterocycles. The molecule has 2 aliphatic heterocycles. The second kappa shape index (κ2) is 11.6. The van der Waals surface area contributed by atoms with Crippen molar-refractivity contribution in [3.8, 4) is 34.3 Å². The van der Waals surface area contributed by atoms with E-state index in [1.54, 1.807) is 7.11 Å². The fourth-order valence-corrected chi connectivity index (χ4v) is 6.01. The summed E-state index contributed by atoms with van der Waals surface area (Å²) in [5.74, 6) is 3.29. The lowest BCUT2D eigenvalue weighted by Crippen LogP contribution is -2.41. The maximum Gasteiger partial charge on any atom is 0.231 e. The summed E-state index contributed by atoms with van der Waals surface area (Å²) in [5.41, 5.74) is 6.41. The topological polar surface area (TPSA) is 40.8 Å². The molecule has 5 nitrogen and oxygen atoms in total. The second-order valence-electron chi connectivity index (χ2n) is 10.6. The highest BCUT2D eigenvalue weighted by Crippen LogP contribution is 2.44. The SMILES string of the molecule is CCCCCCCCc1c2[n+](cc3c(OCc4ccccc4)c(OC)ccc13)CCc1cc3c(cc1-2)OCO3. The van der Waals surface area contributed by atoms with Crippen molar-refractivity contribution in [1.82, 2.24) is 0 Å². The summed E-state index contributed by atoms with van der Waals surface area (Å²) in [7, 11) is 1.72. The lowest BCUT2D eigenvalue weighted by molar-refractivity contribution is -0.686. The first-order valence-electron chi connectivity index (χ1n) is 14.4. The summed E-state index contributed by atoms with van der Waals surface area (Å²) < 4.78 is 26.2. The van der Waals surface area contributed by atoms with Crippen molar-refractivity contribution >= 4 is 10.8 Å². The minimum absolute atomic E-state index is 0.294. The summed E-state index contributed by atoms with van der Waals surface area (Å²) in [6, 6.07) is 19.0. The molecule has 5 heteroatoms. The molecule has 0 saturated heterocycles. The zero-order valence-corrected chi connectivity index (χ0v) is 23.1. The summed E-state index contributed by atoms with van der Waals surface area (Å²) in [6.45, 7) is 3.98. The molecule has 0 unspecified atom stereocenters. The Morgan fingerprint density at radius 2 is 1.67 bits per heavy atom. The molecule has 0 bridgehead atoms. The Morgan fingerprint density at radius 3 is 2.49 bits per heavy atom. The van der Waals surface area contributed by atoms with Crippen LogP contribution in [0.5, 0.6) is 23.0 Å². The molecular formula is C34H38NO4+. The van der Waals surface area contributed by atoms with Crippen LogP contribution in [0, 0.1) is 0 Å². The van der Waals surface area contributed by atoms with Gasteiger partial charge in [0.25, 0.3) is 0 Å². The van der Waals surface area contributed by atoms with E-state index in [2.05, 4.69) is 54.1 Å². The van der Waals surface area contributed by atoms with Crippen molar-refractivity contribution in [2.75, 3.05) is 13.9 Å². The number of ether oxygens (including phenoxy) is 4. The molecule has 2 aliphatic rings. The smallest absolute Gasteiger partial charge is 0.231 e. The minimum Gasteiger partial charge on any atom is -0.493 e. The Balaban J connectivity index is 1.45. The van der Waals surface area contributed by atoms with Crippen molar-refractivity contribution in [3.63, 3.8) is 0 Å². The Morgan fingerprint density at radius 1 is 0.872 bits per heavy atom. The molecule has 6 rings (SSSR count). The Hall–Kier alpha value is -3.73. The molecule has 0 fully saturated rings. The van der Waals surface area contributed by atoms with Gasteiger partial charge in [0.2, 0.25) is 12.5 Å². The van der Waals surface area contributed by atoms with Crippen molar-refractivity contribution in [2.45, 2.75) is 71.4 Å². The number of unbranched alkanes of at least 4 members (excludes halogenated alkanes) is 5. The number of methoxy groups -OCH3 is 1. The molecule has 0 atom stereocenters. The number of hydrogen-bond acceptors (Lipinski definition) is 4. The van der Waals surface area contributed by atoms with Gasteiger partial charge in [-0.25, -0.2) is 0 Å². The van der Waals surface area contributed by atoms with Crippen LogP contribution in [-0.2, 0) is 26.0 Å². The number of aromatic nitrogens is 1. The maximum atomic E-state index is 6.50. The van der Waals surface area contributed by atoms with Gasteiger partial charge in [-0.15, -0.1) is 0 Å². The number of fused-ring (bicyclic) bond motifs is 5. The van der Waals surface area contributed by atoms with E-state index in [1.165, 1.54) is 66.3 Å². The zero-order valence-electron chi connectivity index (χ0n) is 23.1. The molecule has 0 spiro atoms. The number of aryl methyl sites for hydroxylation is 3. The lowest BCUT2D eigenvalue weighted by Gasteiger charge is -2.21. The van der Waals surface area contributed by atoms with E-state index in [1.807, 2.05) is 18.2 Å². The summed E-state index contributed by atoms with van der Waals surface area (Å²) >= 11 is 0. The average Bonchev–Trinajstić information content (AvgIpc) is 3.44.